The summed E-state index contributed by atoms with van der Waals surface area (Å²) in [7, 11) is 0. The number of hydrogen-bond acceptors (Lipinski definition) is 12. The molecule has 0 aromatic rings. The van der Waals surface area contributed by atoms with Crippen LogP contribution in [0.1, 0.15) is 31.4 Å². The number of carbonyl (C=O) groups excluding carboxylic acids is 4. The fourth-order valence-corrected chi connectivity index (χ4v) is 1.77. The largest absolute Gasteiger partial charge is 2.00 e. The Hall–Kier alpha value is -1.40. The van der Waals surface area contributed by atoms with Crippen LogP contribution in [0.3, 0.4) is 0 Å². The molecule has 0 saturated carbocycles. The average Bonchev–Trinajstić information content (AvgIpc) is 2.51. The zero-order valence-corrected chi connectivity index (χ0v) is 20.4. The summed E-state index contributed by atoms with van der Waals surface area (Å²) >= 11 is 0. The van der Waals surface area contributed by atoms with Crippen molar-refractivity contribution < 1.29 is 84.2 Å². The molecule has 32 heavy (non-hydrogen) atoms. The monoisotopic (exact) mass is 522 g/mol. The third-order valence-electron chi connectivity index (χ3n) is 3.14. The number of esters is 4. The van der Waals surface area contributed by atoms with E-state index < -0.39 is 84.6 Å². The Morgan fingerprint density at radius 2 is 0.812 bits per heavy atom. The third kappa shape index (κ3) is 12.0. The van der Waals surface area contributed by atoms with Gasteiger partial charge in [0.25, 0.3) is 0 Å². The van der Waals surface area contributed by atoms with Crippen LogP contribution in [-0.4, -0.2) is 165 Å². The van der Waals surface area contributed by atoms with Crippen LogP contribution < -0.4 is 0 Å². The fraction of sp³-hybridized carbons (Fsp3) is 0.429. The Labute approximate surface area is 242 Å². The van der Waals surface area contributed by atoms with Crippen LogP contribution in [0.25, 0.3) is 0 Å². The van der Waals surface area contributed by atoms with E-state index in [1.54, 1.807) is 0 Å². The number of aliphatic carboxylic acids is 4. The van der Waals surface area contributed by atoms with Crippen LogP contribution in [0, 0.1) is 0 Å². The van der Waals surface area contributed by atoms with Crippen molar-refractivity contribution in [2.75, 3.05) is 0 Å². The smallest absolute Gasteiger partial charge is 1.00 e. The summed E-state index contributed by atoms with van der Waals surface area (Å²) in [5, 5.41) is 53.7. The van der Waals surface area contributed by atoms with Gasteiger partial charge in [-0.2, -0.15) is 0 Å². The maximum Gasteiger partial charge on any atom is 2.00 e. The summed E-state index contributed by atoms with van der Waals surface area (Å²) in [6, 6.07) is 0. The summed E-state index contributed by atoms with van der Waals surface area (Å²) in [5.41, 5.74) is -6.39. The average molecular weight is 522 g/mol. The van der Waals surface area contributed by atoms with Crippen LogP contribution in [-0.2, 0) is 47.8 Å². The van der Waals surface area contributed by atoms with Crippen molar-refractivity contribution >= 4 is 123 Å². The quantitative estimate of drug-likeness (QED) is 0.0693. The number of ether oxygens (including phenoxy) is 2. The van der Waals surface area contributed by atoms with Gasteiger partial charge in [-0.15, -0.1) is 0 Å². The molecule has 0 heterocycles. The predicted molar refractivity (Wildman–Crippen MR) is 97.1 cm³/mol. The number of carbonyl (C=O) groups is 8. The van der Waals surface area contributed by atoms with E-state index in [9.17, 15) is 48.6 Å². The minimum atomic E-state index is -3.20. The first-order valence-electron chi connectivity index (χ1n) is 7.37. The van der Waals surface area contributed by atoms with Crippen LogP contribution in [0.2, 0.25) is 0 Å². The summed E-state index contributed by atoms with van der Waals surface area (Å²) in [4.78, 5) is 88.4. The topological polar surface area (TPSA) is 276 Å². The van der Waals surface area contributed by atoms with Crippen molar-refractivity contribution in [2.24, 2.45) is 0 Å². The van der Waals surface area contributed by atoms with Crippen LogP contribution in [0.4, 0.5) is 0 Å². The van der Waals surface area contributed by atoms with Gasteiger partial charge in [-0.1, -0.05) is 0 Å². The fourth-order valence-electron chi connectivity index (χ4n) is 1.77. The zero-order chi connectivity index (χ0) is 23.9. The van der Waals surface area contributed by atoms with Crippen molar-refractivity contribution in [3.8, 4) is 0 Å². The van der Waals surface area contributed by atoms with E-state index in [4.69, 9.17) is 20.4 Å². The summed E-state index contributed by atoms with van der Waals surface area (Å²) in [6.45, 7) is 0. The Balaban J connectivity index is -0.000000280. The summed E-state index contributed by atoms with van der Waals surface area (Å²) < 4.78 is 7.58. The summed E-state index contributed by atoms with van der Waals surface area (Å²) in [5.74, 6) is -16.3. The Bertz CT molecular complexity index is 759. The van der Waals surface area contributed by atoms with E-state index in [-0.39, 0.29) is 81.2 Å². The molecule has 0 radical (unpaired) electrons. The van der Waals surface area contributed by atoms with Crippen molar-refractivity contribution in [1.82, 2.24) is 0 Å². The van der Waals surface area contributed by atoms with E-state index >= 15 is 0 Å². The summed E-state index contributed by atoms with van der Waals surface area (Å²) in [6.07, 6.45) is -6.16. The molecule has 0 aliphatic heterocycles. The molecule has 2 unspecified atom stereocenters. The molecule has 0 bridgehead atoms. The van der Waals surface area contributed by atoms with Gasteiger partial charge in [-0.25, -0.2) is 19.2 Å². The minimum absolute atomic E-state index is 0. The van der Waals surface area contributed by atoms with E-state index in [1.165, 1.54) is 0 Å². The minimum Gasteiger partial charge on any atom is -1.00 e. The number of aliphatic hydroxyl groups is 2. The van der Waals surface area contributed by atoms with Gasteiger partial charge in [0.1, 0.15) is 0 Å². The normalized spacial score (nSPS) is 13.4. The van der Waals surface area contributed by atoms with Crippen molar-refractivity contribution in [3.05, 3.63) is 0 Å². The molecule has 0 spiro atoms. The Morgan fingerprint density at radius 3 is 1.00 bits per heavy atom. The standard InChI is InChI=1S/C14H14O16.2Ca.4H/c15-5(16)1-13(27,11(23)24)3-7(19)29-9(21)10(22)30-8(20)4-14(28,12(25)26)2-6(17)18;;;;;;/h27-28H,1-4H2,(H,15,16)(H,17,18)(H,23,24)(H,25,26);;;;;;/q;2*+2;4*-1. The van der Waals surface area contributed by atoms with Crippen molar-refractivity contribution in [2.45, 2.75) is 36.9 Å². The second-order valence-electron chi connectivity index (χ2n) is 5.69. The maximum absolute atomic E-state index is 11.4. The molecular formula is C14H18Ca2O16. The molecule has 18 heteroatoms. The first kappa shape index (κ1) is 35.2. The molecule has 6 N–H and O–H groups in total. The molecule has 0 aliphatic rings. The molecular weight excluding hydrogens is 504 g/mol. The van der Waals surface area contributed by atoms with Crippen LogP contribution in [0.15, 0.2) is 0 Å². The van der Waals surface area contributed by atoms with Gasteiger partial charge >= 0.3 is 123 Å². The van der Waals surface area contributed by atoms with Gasteiger partial charge in [0, 0.05) is 0 Å². The van der Waals surface area contributed by atoms with Gasteiger partial charge in [-0.05, 0) is 0 Å². The van der Waals surface area contributed by atoms with Crippen molar-refractivity contribution in [1.29, 1.82) is 0 Å². The number of carboxylic acids is 4. The maximum atomic E-state index is 11.4. The second kappa shape index (κ2) is 14.7. The first-order valence-corrected chi connectivity index (χ1v) is 7.37. The zero-order valence-electron chi connectivity index (χ0n) is 20.0. The van der Waals surface area contributed by atoms with E-state index in [2.05, 4.69) is 9.47 Å². The Morgan fingerprint density at radius 1 is 0.562 bits per heavy atom. The molecule has 0 aromatic carbocycles. The van der Waals surface area contributed by atoms with Gasteiger partial charge in [-0.3, -0.25) is 19.2 Å². The number of hydrogen-bond donors (Lipinski definition) is 6. The molecule has 0 saturated heterocycles. The molecule has 2 atom stereocenters. The molecule has 0 amide bonds. The van der Waals surface area contributed by atoms with Crippen LogP contribution in [0.5, 0.6) is 0 Å². The van der Waals surface area contributed by atoms with Gasteiger partial charge in [0.2, 0.25) is 0 Å². The molecule has 0 aromatic heterocycles. The van der Waals surface area contributed by atoms with Gasteiger partial charge < -0.3 is 45.8 Å². The van der Waals surface area contributed by atoms with Gasteiger partial charge in [0.15, 0.2) is 11.2 Å². The molecule has 0 fully saturated rings. The molecule has 174 valence electrons. The van der Waals surface area contributed by atoms with E-state index in [0.717, 1.165) is 0 Å². The molecule has 16 nitrogen and oxygen atoms in total. The van der Waals surface area contributed by atoms with Crippen molar-refractivity contribution in [3.63, 3.8) is 0 Å². The van der Waals surface area contributed by atoms with E-state index in [0.29, 0.717) is 0 Å². The number of carboxylic acid groups (broad SMARTS) is 4. The third-order valence-corrected chi connectivity index (χ3v) is 3.14. The SMILES string of the molecule is O=C(O)CC(O)(CC(=O)OC(=O)C(=O)OC(=O)CC(O)(CC(=O)O)C(=O)O)C(=O)O.[Ca+2].[Ca+2].[H-].[H-].[H-].[H-]. The molecule has 0 aliphatic carbocycles. The first-order chi connectivity index (χ1) is 13.5. The predicted octanol–water partition coefficient (Wildman–Crippen LogP) is -3.82. The molecule has 0 rings (SSSR count). The van der Waals surface area contributed by atoms with Crippen LogP contribution >= 0.6 is 0 Å². The van der Waals surface area contributed by atoms with E-state index in [1.807, 2.05) is 0 Å². The van der Waals surface area contributed by atoms with Gasteiger partial charge in [0.05, 0.1) is 25.7 Å². The second-order valence-corrected chi connectivity index (χ2v) is 5.69. The Kier molecular flexibility index (Phi) is 16.2. The number of rotatable bonds is 10.